The van der Waals surface area contributed by atoms with Crippen molar-refractivity contribution in [2.45, 2.75) is 44.7 Å². The molecule has 0 bridgehead atoms. The first-order chi connectivity index (χ1) is 18.6. The molecule has 1 atom stereocenters. The van der Waals surface area contributed by atoms with Crippen LogP contribution in [0.2, 0.25) is 0 Å². The van der Waals surface area contributed by atoms with E-state index in [2.05, 4.69) is 34.3 Å². The van der Waals surface area contributed by atoms with Crippen LogP contribution in [-0.2, 0) is 4.74 Å². The van der Waals surface area contributed by atoms with Gasteiger partial charge in [-0.3, -0.25) is 0 Å². The molecule has 3 fully saturated rings. The number of amides is 2. The van der Waals surface area contributed by atoms with Gasteiger partial charge in [0.2, 0.25) is 0 Å². The minimum atomic E-state index is -4.21. The fourth-order valence-electron chi connectivity index (χ4n) is 5.88. The highest BCUT2D eigenvalue weighted by atomic mass is 19.4. The lowest BCUT2D eigenvalue weighted by Crippen LogP contribution is -2.37. The van der Waals surface area contributed by atoms with Gasteiger partial charge in [-0.15, -0.1) is 0 Å². The van der Waals surface area contributed by atoms with Crippen molar-refractivity contribution in [2.75, 3.05) is 69.7 Å². The number of alkyl halides is 3. The van der Waals surface area contributed by atoms with E-state index in [1.165, 1.54) is 4.90 Å². The molecule has 3 aliphatic heterocycles. The highest BCUT2D eigenvalue weighted by Gasteiger charge is 2.36. The average molecular weight is 546 g/mol. The lowest BCUT2D eigenvalue weighted by atomic mass is 9.91. The Morgan fingerprint density at radius 3 is 2.51 bits per heavy atom. The van der Waals surface area contributed by atoms with Crippen LogP contribution in [0, 0.1) is 12.8 Å². The zero-order valence-electron chi connectivity index (χ0n) is 22.8. The number of urea groups is 1. The van der Waals surface area contributed by atoms with E-state index in [4.69, 9.17) is 9.72 Å². The molecule has 0 unspecified atom stereocenters. The van der Waals surface area contributed by atoms with Crippen molar-refractivity contribution in [3.8, 4) is 11.1 Å². The van der Waals surface area contributed by atoms with Crippen LogP contribution in [0.15, 0.2) is 30.3 Å². The van der Waals surface area contributed by atoms with Crippen LogP contribution in [0.25, 0.3) is 11.1 Å². The Kier molecular flexibility index (Phi) is 8.32. The summed E-state index contributed by atoms with van der Waals surface area (Å²) in [6.07, 6.45) is -2.56. The number of rotatable bonds is 5. The van der Waals surface area contributed by atoms with Gasteiger partial charge >= 0.3 is 12.2 Å². The van der Waals surface area contributed by atoms with Crippen molar-refractivity contribution < 1.29 is 22.7 Å². The Hall–Kier alpha value is -2.85. The number of nitrogens with zero attached hydrogens (tertiary/aromatic N) is 4. The third-order valence-electron chi connectivity index (χ3n) is 8.20. The van der Waals surface area contributed by atoms with Crippen LogP contribution in [0.3, 0.4) is 0 Å². The van der Waals surface area contributed by atoms with E-state index in [-0.39, 0.29) is 12.6 Å². The van der Waals surface area contributed by atoms with Gasteiger partial charge in [0, 0.05) is 49.9 Å². The van der Waals surface area contributed by atoms with Crippen LogP contribution in [0.1, 0.15) is 42.9 Å². The summed E-state index contributed by atoms with van der Waals surface area (Å²) < 4.78 is 44.0. The van der Waals surface area contributed by atoms with E-state index in [1.807, 2.05) is 25.1 Å². The lowest BCUT2D eigenvalue weighted by molar-refractivity contribution is -0.143. The molecule has 10 heteroatoms. The van der Waals surface area contributed by atoms with E-state index in [9.17, 15) is 18.0 Å². The number of carbonyl (C=O) groups is 1. The summed E-state index contributed by atoms with van der Waals surface area (Å²) in [7, 11) is 2.15. The van der Waals surface area contributed by atoms with Gasteiger partial charge in [0.25, 0.3) is 0 Å². The average Bonchev–Trinajstić information content (AvgIpc) is 3.37. The predicted molar refractivity (Wildman–Crippen MR) is 146 cm³/mol. The number of benzene rings is 1. The predicted octanol–water partition coefficient (Wildman–Crippen LogP) is 5.51. The summed E-state index contributed by atoms with van der Waals surface area (Å²) in [5, 5.41) is 2.92. The number of hydrogen-bond acceptors (Lipinski definition) is 5. The summed E-state index contributed by atoms with van der Waals surface area (Å²) >= 11 is 0. The summed E-state index contributed by atoms with van der Waals surface area (Å²) in [6.45, 7) is 7.54. The van der Waals surface area contributed by atoms with Gasteiger partial charge in [-0.25, -0.2) is 9.78 Å². The second kappa shape index (κ2) is 11.7. The van der Waals surface area contributed by atoms with E-state index < -0.39 is 18.5 Å². The quantitative estimate of drug-likeness (QED) is 0.537. The Labute approximate surface area is 228 Å². The molecule has 39 heavy (non-hydrogen) atoms. The van der Waals surface area contributed by atoms with E-state index in [0.29, 0.717) is 37.8 Å². The van der Waals surface area contributed by atoms with Crippen LogP contribution in [0.4, 0.5) is 29.5 Å². The van der Waals surface area contributed by atoms with Crippen molar-refractivity contribution in [1.82, 2.24) is 14.8 Å². The number of pyridine rings is 1. The fourth-order valence-corrected chi connectivity index (χ4v) is 5.88. The number of hydrogen-bond donors (Lipinski definition) is 1. The Bertz CT molecular complexity index is 1160. The smallest absolute Gasteiger partial charge is 0.378 e. The van der Waals surface area contributed by atoms with Gasteiger partial charge in [0.15, 0.2) is 0 Å². The first-order valence-corrected chi connectivity index (χ1v) is 13.9. The number of nitrogens with one attached hydrogen (secondary N) is 1. The van der Waals surface area contributed by atoms with Gasteiger partial charge in [0.1, 0.15) is 5.82 Å². The maximum absolute atomic E-state index is 12.9. The number of ether oxygens (including phenoxy) is 1. The molecule has 1 aromatic carbocycles. The van der Waals surface area contributed by atoms with Crippen LogP contribution in [-0.4, -0.2) is 86.5 Å². The number of likely N-dealkylation sites (tertiary alicyclic amines) is 2. The highest BCUT2D eigenvalue weighted by Crippen LogP contribution is 2.35. The number of piperidine rings is 1. The first-order valence-electron chi connectivity index (χ1n) is 13.9. The lowest BCUT2D eigenvalue weighted by Gasteiger charge is -2.31. The molecule has 7 nitrogen and oxygen atoms in total. The molecule has 0 aliphatic carbocycles. The molecule has 1 aromatic heterocycles. The summed E-state index contributed by atoms with van der Waals surface area (Å²) in [4.78, 5) is 24.1. The molecule has 2 aromatic rings. The molecule has 0 radical (unpaired) electrons. The number of morpholine rings is 1. The molecule has 0 saturated carbocycles. The number of halogens is 3. The van der Waals surface area contributed by atoms with Gasteiger partial charge in [-0.1, -0.05) is 6.07 Å². The number of carbonyl (C=O) groups excluding carboxylic acids is 1. The molecule has 3 saturated heterocycles. The minimum absolute atomic E-state index is 0.122. The summed E-state index contributed by atoms with van der Waals surface area (Å²) in [5.74, 6) is 0.799. The van der Waals surface area contributed by atoms with Gasteiger partial charge in [-0.05, 0) is 93.2 Å². The van der Waals surface area contributed by atoms with Crippen molar-refractivity contribution >= 4 is 17.5 Å². The van der Waals surface area contributed by atoms with E-state index >= 15 is 0 Å². The van der Waals surface area contributed by atoms with E-state index in [1.54, 1.807) is 0 Å². The molecular formula is C29H38F3N5O2. The van der Waals surface area contributed by atoms with E-state index in [0.717, 1.165) is 67.2 Å². The molecule has 5 rings (SSSR count). The standard InChI is InChI=1S/C29H38F3N5O2/c1-20-3-4-24(33-28(38)37-10-5-21(19-37)18-29(30,31)32)17-25(20)23-15-26(22-6-8-35(2)9-7-22)34-27(16-23)36-11-13-39-14-12-36/h3-4,15-17,21-22H,5-14,18-19H2,1-2H3,(H,33,38)/t21-/m0/s1. The zero-order valence-corrected chi connectivity index (χ0v) is 22.8. The number of anilines is 2. The molecule has 1 N–H and O–H groups in total. The van der Waals surface area contributed by atoms with Crippen LogP contribution in [0.5, 0.6) is 0 Å². The van der Waals surface area contributed by atoms with Gasteiger partial charge in [-0.2, -0.15) is 13.2 Å². The third-order valence-corrected chi connectivity index (χ3v) is 8.20. The van der Waals surface area contributed by atoms with Crippen molar-refractivity contribution in [1.29, 1.82) is 0 Å². The Balaban J connectivity index is 1.38. The van der Waals surface area contributed by atoms with Crippen LogP contribution >= 0.6 is 0 Å². The molecule has 4 heterocycles. The Morgan fingerprint density at radius 1 is 1.05 bits per heavy atom. The van der Waals surface area contributed by atoms with Crippen molar-refractivity contribution in [3.63, 3.8) is 0 Å². The molecule has 212 valence electrons. The maximum Gasteiger partial charge on any atom is 0.389 e. The highest BCUT2D eigenvalue weighted by molar-refractivity contribution is 5.90. The molecular weight excluding hydrogens is 507 g/mol. The Morgan fingerprint density at radius 2 is 1.79 bits per heavy atom. The van der Waals surface area contributed by atoms with Gasteiger partial charge < -0.3 is 24.8 Å². The van der Waals surface area contributed by atoms with Crippen molar-refractivity contribution in [2.24, 2.45) is 5.92 Å². The number of aromatic nitrogens is 1. The first kappa shape index (κ1) is 27.7. The minimum Gasteiger partial charge on any atom is -0.378 e. The van der Waals surface area contributed by atoms with Crippen molar-refractivity contribution in [3.05, 3.63) is 41.6 Å². The number of aryl methyl sites for hydroxylation is 1. The largest absolute Gasteiger partial charge is 0.389 e. The fraction of sp³-hybridized carbons (Fsp3) is 0.586. The zero-order chi connectivity index (χ0) is 27.6. The van der Waals surface area contributed by atoms with Crippen LogP contribution < -0.4 is 10.2 Å². The second-order valence-corrected chi connectivity index (χ2v) is 11.2. The van der Waals surface area contributed by atoms with Gasteiger partial charge in [0.05, 0.1) is 13.2 Å². The third kappa shape index (κ3) is 7.03. The molecule has 2 amide bonds. The maximum atomic E-state index is 12.9. The molecule has 0 spiro atoms. The SMILES string of the molecule is Cc1ccc(NC(=O)N2CC[C@@H](CC(F)(F)F)C2)cc1-c1cc(C2CCN(C)CC2)nc(N2CCOCC2)c1. The summed E-state index contributed by atoms with van der Waals surface area (Å²) in [6, 6.07) is 9.75. The summed E-state index contributed by atoms with van der Waals surface area (Å²) in [5.41, 5.74) is 4.87. The monoisotopic (exact) mass is 545 g/mol. The topological polar surface area (TPSA) is 60.9 Å². The second-order valence-electron chi connectivity index (χ2n) is 11.2. The normalized spacial score (nSPS) is 21.4. The molecule has 3 aliphatic rings.